The van der Waals surface area contributed by atoms with E-state index >= 15 is 0 Å². The fraction of sp³-hybridized carbons (Fsp3) is 0.571. The second-order valence-corrected chi connectivity index (χ2v) is 5.82. The molecule has 8 nitrogen and oxygen atoms in total. The fourth-order valence-corrected chi connectivity index (χ4v) is 4.44. The zero-order chi connectivity index (χ0) is 15.8. The van der Waals surface area contributed by atoms with Crippen molar-refractivity contribution in [1.82, 2.24) is 0 Å². The number of esters is 4. The summed E-state index contributed by atoms with van der Waals surface area (Å²) in [5.41, 5.74) is -1.47. The Labute approximate surface area is 124 Å². The molecule has 22 heavy (non-hydrogen) atoms. The summed E-state index contributed by atoms with van der Waals surface area (Å²) >= 11 is 0. The van der Waals surface area contributed by atoms with Gasteiger partial charge in [0.05, 0.1) is 24.7 Å². The summed E-state index contributed by atoms with van der Waals surface area (Å²) in [6.45, 7) is 0. The van der Waals surface area contributed by atoms with Crippen molar-refractivity contribution < 1.29 is 38.1 Å². The molecule has 2 heterocycles. The maximum absolute atomic E-state index is 12.1. The van der Waals surface area contributed by atoms with Crippen LogP contribution >= 0.6 is 0 Å². The lowest BCUT2D eigenvalue weighted by Gasteiger charge is -2.51. The van der Waals surface area contributed by atoms with Gasteiger partial charge in [0.2, 0.25) is 0 Å². The lowest BCUT2D eigenvalue weighted by atomic mass is 9.51. The summed E-state index contributed by atoms with van der Waals surface area (Å²) in [5.74, 6) is -7.15. The Bertz CT molecular complexity index is 620. The van der Waals surface area contributed by atoms with Gasteiger partial charge in [-0.2, -0.15) is 0 Å². The van der Waals surface area contributed by atoms with E-state index < -0.39 is 59.1 Å². The van der Waals surface area contributed by atoms with Crippen LogP contribution in [-0.4, -0.2) is 43.7 Å². The smallest absolute Gasteiger partial charge is 0.320 e. The average molecular weight is 308 g/mol. The van der Waals surface area contributed by atoms with Crippen molar-refractivity contribution in [3.8, 4) is 0 Å². The minimum Gasteiger partial charge on any atom is -0.501 e. The Kier molecular flexibility index (Phi) is 2.41. The SMILES string of the molecule is COC1=CC2(OC)[C@@H]3C(=O)OC(=O)[C@@H]3C1[C@@H]1C(=O)OC(=O)[C@@H]12. The van der Waals surface area contributed by atoms with E-state index in [0.717, 1.165) is 0 Å². The third-order valence-corrected chi connectivity index (χ3v) is 5.20. The first kappa shape index (κ1) is 13.4. The molecular weight excluding hydrogens is 296 g/mol. The molecule has 2 unspecified atom stereocenters. The maximum Gasteiger partial charge on any atom is 0.320 e. The van der Waals surface area contributed by atoms with Crippen LogP contribution in [0.1, 0.15) is 0 Å². The molecule has 0 radical (unpaired) electrons. The third kappa shape index (κ3) is 1.23. The number of hydrogen-bond acceptors (Lipinski definition) is 8. The van der Waals surface area contributed by atoms with Crippen molar-refractivity contribution in [2.75, 3.05) is 14.2 Å². The van der Waals surface area contributed by atoms with Crippen LogP contribution in [0.3, 0.4) is 0 Å². The summed E-state index contributed by atoms with van der Waals surface area (Å²) in [6.07, 6.45) is 1.51. The monoisotopic (exact) mass is 308 g/mol. The predicted octanol–water partition coefficient (Wildman–Crippen LogP) is -0.823. The van der Waals surface area contributed by atoms with E-state index in [4.69, 9.17) is 18.9 Å². The van der Waals surface area contributed by atoms with Gasteiger partial charge in [-0.3, -0.25) is 19.2 Å². The molecule has 116 valence electrons. The maximum atomic E-state index is 12.1. The Balaban J connectivity index is 2.00. The van der Waals surface area contributed by atoms with Gasteiger partial charge in [-0.15, -0.1) is 0 Å². The Morgan fingerprint density at radius 2 is 1.36 bits per heavy atom. The lowest BCUT2D eigenvalue weighted by molar-refractivity contribution is -0.176. The van der Waals surface area contributed by atoms with Gasteiger partial charge in [-0.05, 0) is 6.08 Å². The van der Waals surface area contributed by atoms with Gasteiger partial charge < -0.3 is 18.9 Å². The van der Waals surface area contributed by atoms with E-state index in [2.05, 4.69) is 0 Å². The van der Waals surface area contributed by atoms with E-state index in [-0.39, 0.29) is 0 Å². The molecule has 0 aromatic heterocycles. The topological polar surface area (TPSA) is 105 Å². The van der Waals surface area contributed by atoms with Crippen LogP contribution in [0.4, 0.5) is 0 Å². The fourth-order valence-electron chi connectivity index (χ4n) is 4.44. The van der Waals surface area contributed by atoms with Crippen molar-refractivity contribution in [1.29, 1.82) is 0 Å². The quantitative estimate of drug-likeness (QED) is 0.481. The van der Waals surface area contributed by atoms with Gasteiger partial charge >= 0.3 is 23.9 Å². The molecule has 0 amide bonds. The number of hydrogen-bond donors (Lipinski definition) is 0. The van der Waals surface area contributed by atoms with Crippen LogP contribution in [0.2, 0.25) is 0 Å². The summed E-state index contributed by atoms with van der Waals surface area (Å²) in [7, 11) is 2.71. The van der Waals surface area contributed by atoms with Crippen LogP contribution in [0, 0.1) is 29.6 Å². The van der Waals surface area contributed by atoms with Gasteiger partial charge in [-0.1, -0.05) is 0 Å². The van der Waals surface area contributed by atoms with Crippen molar-refractivity contribution in [2.24, 2.45) is 29.6 Å². The predicted molar refractivity (Wildman–Crippen MR) is 64.5 cm³/mol. The van der Waals surface area contributed by atoms with Gasteiger partial charge in [0, 0.05) is 13.0 Å². The van der Waals surface area contributed by atoms with Crippen molar-refractivity contribution in [3.63, 3.8) is 0 Å². The molecule has 5 aliphatic rings. The number of methoxy groups -OCH3 is 2. The van der Waals surface area contributed by atoms with Crippen LogP contribution in [0.5, 0.6) is 0 Å². The first-order valence-corrected chi connectivity index (χ1v) is 6.79. The molecule has 0 aromatic carbocycles. The van der Waals surface area contributed by atoms with Crippen LogP contribution in [0.15, 0.2) is 11.8 Å². The minimum atomic E-state index is -1.47. The highest BCUT2D eigenvalue weighted by atomic mass is 16.6. The van der Waals surface area contributed by atoms with Gasteiger partial charge in [-0.25, -0.2) is 0 Å². The summed E-state index contributed by atoms with van der Waals surface area (Å²) in [4.78, 5) is 48.4. The summed E-state index contributed by atoms with van der Waals surface area (Å²) < 4.78 is 20.2. The van der Waals surface area contributed by atoms with Crippen LogP contribution < -0.4 is 0 Å². The van der Waals surface area contributed by atoms with E-state index in [1.54, 1.807) is 0 Å². The van der Waals surface area contributed by atoms with Crippen molar-refractivity contribution in [2.45, 2.75) is 5.60 Å². The Morgan fingerprint density at radius 3 is 1.77 bits per heavy atom. The van der Waals surface area contributed by atoms with Gasteiger partial charge in [0.1, 0.15) is 17.4 Å². The number of ether oxygens (including phenoxy) is 4. The molecule has 0 N–H and O–H groups in total. The number of carbonyl (C=O) groups is 4. The normalized spacial score (nSPS) is 45.2. The second kappa shape index (κ2) is 3.95. The first-order chi connectivity index (χ1) is 10.5. The van der Waals surface area contributed by atoms with Crippen molar-refractivity contribution >= 4 is 23.9 Å². The van der Waals surface area contributed by atoms with E-state index in [1.165, 1.54) is 20.3 Å². The number of carbonyl (C=O) groups excluding carboxylic acids is 4. The highest BCUT2D eigenvalue weighted by Gasteiger charge is 2.76. The Morgan fingerprint density at radius 1 is 0.864 bits per heavy atom. The zero-order valence-corrected chi connectivity index (χ0v) is 11.7. The molecule has 5 rings (SSSR count). The van der Waals surface area contributed by atoms with E-state index in [1.807, 2.05) is 0 Å². The average Bonchev–Trinajstić information content (AvgIpc) is 2.98. The van der Waals surface area contributed by atoms with Gasteiger partial charge in [0.15, 0.2) is 0 Å². The molecular formula is C14H12O8. The minimum absolute atomic E-state index is 0.336. The first-order valence-electron chi connectivity index (χ1n) is 6.79. The molecule has 6 atom stereocenters. The number of rotatable bonds is 2. The zero-order valence-electron chi connectivity index (χ0n) is 11.7. The highest BCUT2D eigenvalue weighted by Crippen LogP contribution is 2.62. The number of cyclic esters (lactones) is 4. The summed E-state index contributed by atoms with van der Waals surface area (Å²) in [5, 5.41) is 0. The molecule has 8 heteroatoms. The molecule has 2 aliphatic heterocycles. The lowest BCUT2D eigenvalue weighted by Crippen LogP contribution is -2.64. The van der Waals surface area contributed by atoms with E-state index in [9.17, 15) is 19.2 Å². The standard InChI is InChI=1S/C14H12O8/c1-19-4-3-14(20-2)8-6(10(15)21-12(8)17)5(4)7-9(14)13(18)22-11(7)16/h3,5-9H,1-2H3/t5?,6-,7+,8+,9-,14?. The van der Waals surface area contributed by atoms with Crippen molar-refractivity contribution in [3.05, 3.63) is 11.8 Å². The molecule has 0 aromatic rings. The largest absolute Gasteiger partial charge is 0.501 e. The van der Waals surface area contributed by atoms with Gasteiger partial charge in [0.25, 0.3) is 0 Å². The molecule has 1 saturated carbocycles. The Hall–Kier alpha value is -2.22. The van der Waals surface area contributed by atoms with E-state index in [0.29, 0.717) is 5.76 Å². The molecule has 2 saturated heterocycles. The number of allylic oxidation sites excluding steroid dienone is 1. The van der Waals surface area contributed by atoms with Crippen LogP contribution in [-0.2, 0) is 38.1 Å². The third-order valence-electron chi connectivity index (χ3n) is 5.20. The molecule has 0 spiro atoms. The second-order valence-electron chi connectivity index (χ2n) is 5.82. The molecule has 3 aliphatic carbocycles. The summed E-state index contributed by atoms with van der Waals surface area (Å²) in [6, 6.07) is 0. The van der Waals surface area contributed by atoms with Crippen LogP contribution in [0.25, 0.3) is 0 Å². The molecule has 3 fully saturated rings. The highest BCUT2D eigenvalue weighted by molar-refractivity contribution is 6.04. The molecule has 2 bridgehead atoms.